The Morgan fingerprint density at radius 3 is 2.56 bits per heavy atom. The number of aromatic nitrogens is 2. The van der Waals surface area contributed by atoms with E-state index in [9.17, 15) is 9.59 Å². The predicted octanol–water partition coefficient (Wildman–Crippen LogP) is 3.83. The van der Waals surface area contributed by atoms with Crippen LogP contribution in [0.3, 0.4) is 0 Å². The molecule has 10 heteroatoms. The maximum Gasteiger partial charge on any atom is 0.274 e. The van der Waals surface area contributed by atoms with E-state index in [4.69, 9.17) is 28.9 Å². The second-order valence-corrected chi connectivity index (χ2v) is 8.21. The van der Waals surface area contributed by atoms with Gasteiger partial charge in [-0.1, -0.05) is 29.3 Å². The highest BCUT2D eigenvalue weighted by Gasteiger charge is 2.22. The summed E-state index contributed by atoms with van der Waals surface area (Å²) in [5, 5.41) is 6.21. The average molecular weight is 471 g/mol. The zero-order chi connectivity index (χ0) is 22.7. The molecule has 1 fully saturated rings. The van der Waals surface area contributed by atoms with Crippen LogP contribution in [0.15, 0.2) is 54.7 Å². The van der Waals surface area contributed by atoms with Gasteiger partial charge >= 0.3 is 0 Å². The molecule has 0 radical (unpaired) electrons. The SMILES string of the molecule is NC1CCN(c2cccc(C(=O)Nc3ccc(Cl)cc3C(=O)Nc3ccc(Cl)cn3)n2)C1. The van der Waals surface area contributed by atoms with Gasteiger partial charge in [0.05, 0.1) is 16.3 Å². The first-order valence-corrected chi connectivity index (χ1v) is 10.7. The minimum absolute atomic E-state index is 0.0968. The van der Waals surface area contributed by atoms with E-state index in [0.29, 0.717) is 33.9 Å². The van der Waals surface area contributed by atoms with E-state index in [1.54, 1.807) is 36.4 Å². The van der Waals surface area contributed by atoms with Crippen molar-refractivity contribution >= 4 is 52.3 Å². The number of nitrogens with one attached hydrogen (secondary N) is 2. The summed E-state index contributed by atoms with van der Waals surface area (Å²) in [4.78, 5) is 36.3. The summed E-state index contributed by atoms with van der Waals surface area (Å²) in [5.74, 6) is 0.0741. The number of hydrogen-bond donors (Lipinski definition) is 3. The highest BCUT2D eigenvalue weighted by Crippen LogP contribution is 2.23. The highest BCUT2D eigenvalue weighted by atomic mass is 35.5. The van der Waals surface area contributed by atoms with Gasteiger partial charge in [0.1, 0.15) is 17.3 Å². The zero-order valence-corrected chi connectivity index (χ0v) is 18.4. The number of amides is 2. The van der Waals surface area contributed by atoms with Gasteiger partial charge in [-0.3, -0.25) is 9.59 Å². The van der Waals surface area contributed by atoms with Crippen molar-refractivity contribution < 1.29 is 9.59 Å². The molecule has 0 saturated carbocycles. The summed E-state index contributed by atoms with van der Waals surface area (Å²) in [5.41, 5.74) is 6.68. The molecule has 1 atom stereocenters. The van der Waals surface area contributed by atoms with Crippen molar-refractivity contribution in [1.29, 1.82) is 0 Å². The van der Waals surface area contributed by atoms with Crippen molar-refractivity contribution in [3.05, 3.63) is 76.0 Å². The van der Waals surface area contributed by atoms with Crippen LogP contribution in [-0.2, 0) is 0 Å². The first-order chi connectivity index (χ1) is 15.4. The molecule has 2 amide bonds. The van der Waals surface area contributed by atoms with Crippen LogP contribution in [0.25, 0.3) is 0 Å². The normalized spacial score (nSPS) is 15.5. The van der Waals surface area contributed by atoms with Gasteiger partial charge in [0.2, 0.25) is 0 Å². The Bertz CT molecular complexity index is 1160. The molecule has 4 N–H and O–H groups in total. The molecule has 0 spiro atoms. The topological polar surface area (TPSA) is 113 Å². The molecule has 1 aliphatic rings. The van der Waals surface area contributed by atoms with Gasteiger partial charge in [0.15, 0.2) is 0 Å². The molecular formula is C22H20Cl2N6O2. The highest BCUT2D eigenvalue weighted by molar-refractivity contribution is 6.31. The molecule has 0 aliphatic carbocycles. The third-order valence-electron chi connectivity index (χ3n) is 4.96. The smallest absolute Gasteiger partial charge is 0.274 e. The Kier molecular flexibility index (Phi) is 6.55. The number of rotatable bonds is 5. The van der Waals surface area contributed by atoms with Gasteiger partial charge in [-0.15, -0.1) is 0 Å². The fourth-order valence-electron chi connectivity index (χ4n) is 3.35. The van der Waals surface area contributed by atoms with E-state index >= 15 is 0 Å². The minimum atomic E-state index is -0.481. The Hall–Kier alpha value is -3.20. The molecule has 164 valence electrons. The van der Waals surface area contributed by atoms with Crippen LogP contribution < -0.4 is 21.3 Å². The number of pyridine rings is 2. The van der Waals surface area contributed by atoms with Crippen LogP contribution in [0.2, 0.25) is 10.0 Å². The second kappa shape index (κ2) is 9.52. The van der Waals surface area contributed by atoms with E-state index in [2.05, 4.69) is 20.6 Å². The number of halogens is 2. The number of hydrogen-bond acceptors (Lipinski definition) is 6. The molecule has 32 heavy (non-hydrogen) atoms. The Labute approximate surface area is 194 Å². The van der Waals surface area contributed by atoms with Gasteiger partial charge in [0, 0.05) is 30.4 Å². The van der Waals surface area contributed by atoms with Crippen LogP contribution in [0, 0.1) is 0 Å². The summed E-state index contributed by atoms with van der Waals surface area (Å²) in [6.07, 6.45) is 2.30. The summed E-state index contributed by atoms with van der Waals surface area (Å²) < 4.78 is 0. The first-order valence-electron chi connectivity index (χ1n) is 9.90. The lowest BCUT2D eigenvalue weighted by atomic mass is 10.1. The number of anilines is 3. The predicted molar refractivity (Wildman–Crippen MR) is 126 cm³/mol. The van der Waals surface area contributed by atoms with Crippen molar-refractivity contribution in [2.75, 3.05) is 28.6 Å². The van der Waals surface area contributed by atoms with Crippen LogP contribution >= 0.6 is 23.2 Å². The lowest BCUT2D eigenvalue weighted by Gasteiger charge is -2.17. The summed E-state index contributed by atoms with van der Waals surface area (Å²) in [6, 6.07) is 13.1. The second-order valence-electron chi connectivity index (χ2n) is 7.34. The third-order valence-corrected chi connectivity index (χ3v) is 5.42. The Balaban J connectivity index is 1.53. The average Bonchev–Trinajstić information content (AvgIpc) is 3.23. The van der Waals surface area contributed by atoms with Crippen LogP contribution in [-0.4, -0.2) is 40.9 Å². The summed E-state index contributed by atoms with van der Waals surface area (Å²) in [7, 11) is 0. The van der Waals surface area contributed by atoms with Crippen LogP contribution in [0.5, 0.6) is 0 Å². The molecule has 1 aromatic carbocycles. The van der Waals surface area contributed by atoms with Gasteiger partial charge in [-0.2, -0.15) is 0 Å². The van der Waals surface area contributed by atoms with Crippen LogP contribution in [0.1, 0.15) is 27.3 Å². The largest absolute Gasteiger partial charge is 0.355 e. The van der Waals surface area contributed by atoms with E-state index in [1.165, 1.54) is 12.3 Å². The molecule has 1 saturated heterocycles. The number of nitrogens with two attached hydrogens (primary N) is 1. The molecule has 8 nitrogen and oxygen atoms in total. The van der Waals surface area contributed by atoms with E-state index in [0.717, 1.165) is 13.0 Å². The van der Waals surface area contributed by atoms with Crippen molar-refractivity contribution in [3.63, 3.8) is 0 Å². The van der Waals surface area contributed by atoms with E-state index < -0.39 is 11.8 Å². The molecule has 3 aromatic rings. The third kappa shape index (κ3) is 5.16. The van der Waals surface area contributed by atoms with E-state index in [-0.39, 0.29) is 17.3 Å². The monoisotopic (exact) mass is 470 g/mol. The van der Waals surface area contributed by atoms with Gasteiger partial charge < -0.3 is 21.3 Å². The van der Waals surface area contributed by atoms with Crippen molar-refractivity contribution in [2.45, 2.75) is 12.5 Å². The fourth-order valence-corrected chi connectivity index (χ4v) is 3.64. The molecule has 1 aliphatic heterocycles. The van der Waals surface area contributed by atoms with Gasteiger partial charge in [-0.25, -0.2) is 9.97 Å². The van der Waals surface area contributed by atoms with Gasteiger partial charge in [0.25, 0.3) is 11.8 Å². The Morgan fingerprint density at radius 1 is 1.03 bits per heavy atom. The maximum absolute atomic E-state index is 12.9. The molecule has 1 unspecified atom stereocenters. The quantitative estimate of drug-likeness (QED) is 0.522. The number of nitrogens with zero attached hydrogens (tertiary/aromatic N) is 3. The standard InChI is InChI=1S/C22H20Cl2N6O2/c23-13-4-6-17(16(10-13)21(31)29-19-7-5-14(24)11-26-19)28-22(32)18-2-1-3-20(27-18)30-9-8-15(25)12-30/h1-7,10-11,15H,8-9,12,25H2,(H,28,32)(H,26,29,31). The Morgan fingerprint density at radius 2 is 1.84 bits per heavy atom. The lowest BCUT2D eigenvalue weighted by molar-refractivity contribution is 0.102. The minimum Gasteiger partial charge on any atom is -0.355 e. The fraction of sp³-hybridized carbons (Fsp3) is 0.182. The zero-order valence-electron chi connectivity index (χ0n) is 16.9. The van der Waals surface area contributed by atoms with Gasteiger partial charge in [-0.05, 0) is 48.9 Å². The molecular weight excluding hydrogens is 451 g/mol. The first kappa shape index (κ1) is 22.0. The maximum atomic E-state index is 12.9. The number of carbonyl (C=O) groups excluding carboxylic acids is 2. The molecule has 0 bridgehead atoms. The van der Waals surface area contributed by atoms with Crippen LogP contribution in [0.4, 0.5) is 17.3 Å². The van der Waals surface area contributed by atoms with Crippen molar-refractivity contribution in [1.82, 2.24) is 9.97 Å². The van der Waals surface area contributed by atoms with E-state index in [1.807, 2.05) is 11.0 Å². The lowest BCUT2D eigenvalue weighted by Crippen LogP contribution is -2.27. The number of benzene rings is 1. The summed E-state index contributed by atoms with van der Waals surface area (Å²) >= 11 is 11.9. The van der Waals surface area contributed by atoms with Crippen molar-refractivity contribution in [3.8, 4) is 0 Å². The number of carbonyl (C=O) groups is 2. The van der Waals surface area contributed by atoms with Crippen molar-refractivity contribution in [2.24, 2.45) is 5.73 Å². The molecule has 4 rings (SSSR count). The molecule has 3 heterocycles. The summed E-state index contributed by atoms with van der Waals surface area (Å²) in [6.45, 7) is 1.48. The molecule has 2 aromatic heterocycles.